The fourth-order valence-corrected chi connectivity index (χ4v) is 5.97. The number of nitrogens with one attached hydrogen (secondary N) is 1. The Morgan fingerprint density at radius 3 is 1.18 bits per heavy atom. The second-order valence-electron chi connectivity index (χ2n) is 13.6. The summed E-state index contributed by atoms with van der Waals surface area (Å²) in [5.41, 5.74) is 1.30. The number of benzene rings is 1. The van der Waals surface area contributed by atoms with E-state index in [0.717, 1.165) is 32.3 Å². The van der Waals surface area contributed by atoms with Gasteiger partial charge in [-0.1, -0.05) is 198 Å². The first-order valence-electron chi connectivity index (χ1n) is 19.4. The van der Waals surface area contributed by atoms with Crippen LogP contribution in [0.5, 0.6) is 0 Å². The Morgan fingerprint density at radius 2 is 0.864 bits per heavy atom. The number of rotatable bonds is 31. The highest BCUT2D eigenvalue weighted by Crippen LogP contribution is 2.28. The van der Waals surface area contributed by atoms with Gasteiger partial charge in [0.05, 0.1) is 18.8 Å². The molecule has 3 atom stereocenters. The first-order valence-corrected chi connectivity index (χ1v) is 19.4. The van der Waals surface area contributed by atoms with E-state index in [1.807, 2.05) is 18.2 Å². The van der Waals surface area contributed by atoms with E-state index in [1.54, 1.807) is 0 Å². The second-order valence-corrected chi connectivity index (χ2v) is 13.6. The van der Waals surface area contributed by atoms with Gasteiger partial charge in [-0.15, -0.1) is 0 Å². The van der Waals surface area contributed by atoms with E-state index >= 15 is 0 Å². The molecule has 3 N–H and O–H groups in total. The van der Waals surface area contributed by atoms with Crippen LogP contribution < -0.4 is 5.32 Å². The highest BCUT2D eigenvalue weighted by molar-refractivity contribution is 5.19. The Labute approximate surface area is 274 Å². The maximum absolute atomic E-state index is 10.2. The standard InChI is InChI=1S/C32H67NO2.C8H8O/c1-3-5-7-9-11-13-15-17-19-21-23-25-27-31(34)29-33-30-32(35)28-26-24-22-20-18-16-14-12-10-8-6-4-2;1-2-4-7(5-3-1)8-6-9-8/h31-35H,3-30H2,1-2H3;1-5,8H,6H2. The van der Waals surface area contributed by atoms with Gasteiger partial charge < -0.3 is 20.3 Å². The molecule has 1 heterocycles. The fraction of sp³-hybridized carbons (Fsp3) is 0.850. The van der Waals surface area contributed by atoms with Crippen molar-refractivity contribution in [3.63, 3.8) is 0 Å². The van der Waals surface area contributed by atoms with Gasteiger partial charge in [0.15, 0.2) is 0 Å². The van der Waals surface area contributed by atoms with E-state index in [4.69, 9.17) is 4.74 Å². The highest BCUT2D eigenvalue weighted by atomic mass is 16.6. The Bertz CT molecular complexity index is 646. The van der Waals surface area contributed by atoms with Gasteiger partial charge >= 0.3 is 0 Å². The number of aliphatic hydroxyl groups excluding tert-OH is 2. The predicted octanol–water partition coefficient (Wildman–Crippen LogP) is 11.2. The maximum Gasteiger partial charge on any atom is 0.106 e. The normalized spacial score (nSPS) is 15.5. The molecule has 3 unspecified atom stereocenters. The lowest BCUT2D eigenvalue weighted by molar-refractivity contribution is 0.132. The molecule has 4 heteroatoms. The van der Waals surface area contributed by atoms with E-state index < -0.39 is 0 Å². The summed E-state index contributed by atoms with van der Waals surface area (Å²) in [4.78, 5) is 0. The molecular formula is C40H75NO3. The quantitative estimate of drug-likeness (QED) is 0.0573. The van der Waals surface area contributed by atoms with Crippen molar-refractivity contribution in [2.45, 2.75) is 199 Å². The Hall–Kier alpha value is -0.940. The summed E-state index contributed by atoms with van der Waals surface area (Å²) in [7, 11) is 0. The molecule has 0 saturated carbocycles. The maximum atomic E-state index is 10.2. The molecule has 0 aliphatic carbocycles. The van der Waals surface area contributed by atoms with Crippen LogP contribution in [0.15, 0.2) is 30.3 Å². The minimum Gasteiger partial charge on any atom is -0.392 e. The molecule has 0 spiro atoms. The van der Waals surface area contributed by atoms with E-state index in [1.165, 1.54) is 147 Å². The van der Waals surface area contributed by atoms with E-state index in [-0.39, 0.29) is 12.2 Å². The van der Waals surface area contributed by atoms with Gasteiger partial charge in [0.1, 0.15) is 6.10 Å². The summed E-state index contributed by atoms with van der Waals surface area (Å²) < 4.78 is 5.09. The molecule has 0 radical (unpaired) electrons. The molecule has 1 saturated heterocycles. The van der Waals surface area contributed by atoms with Crippen molar-refractivity contribution in [3.8, 4) is 0 Å². The number of aliphatic hydroxyl groups is 2. The lowest BCUT2D eigenvalue weighted by atomic mass is 10.0. The van der Waals surface area contributed by atoms with Crippen molar-refractivity contribution in [1.29, 1.82) is 0 Å². The third-order valence-corrected chi connectivity index (χ3v) is 9.05. The molecule has 0 amide bonds. The molecule has 1 aliphatic rings. The smallest absolute Gasteiger partial charge is 0.106 e. The predicted molar refractivity (Wildman–Crippen MR) is 191 cm³/mol. The minimum atomic E-state index is -0.267. The summed E-state index contributed by atoms with van der Waals surface area (Å²) in [6.07, 6.45) is 34.2. The zero-order valence-electron chi connectivity index (χ0n) is 29.4. The molecule has 1 fully saturated rings. The Balaban J connectivity index is 0.000000894. The van der Waals surface area contributed by atoms with Gasteiger partial charge in [-0.05, 0) is 18.4 Å². The Kier molecular flexibility index (Phi) is 29.9. The monoisotopic (exact) mass is 618 g/mol. The van der Waals surface area contributed by atoms with Gasteiger partial charge in [-0.2, -0.15) is 0 Å². The van der Waals surface area contributed by atoms with Crippen molar-refractivity contribution < 1.29 is 14.9 Å². The van der Waals surface area contributed by atoms with Gasteiger partial charge in [0.25, 0.3) is 0 Å². The molecule has 1 aromatic carbocycles. The van der Waals surface area contributed by atoms with Gasteiger partial charge in [0.2, 0.25) is 0 Å². The van der Waals surface area contributed by atoms with E-state index in [9.17, 15) is 10.2 Å². The van der Waals surface area contributed by atoms with Gasteiger partial charge in [-0.3, -0.25) is 0 Å². The third-order valence-electron chi connectivity index (χ3n) is 9.05. The summed E-state index contributed by atoms with van der Waals surface area (Å²) >= 11 is 0. The number of hydrogen-bond acceptors (Lipinski definition) is 4. The van der Waals surface area contributed by atoms with Gasteiger partial charge in [-0.25, -0.2) is 0 Å². The molecule has 0 bridgehead atoms. The first kappa shape index (κ1) is 41.1. The highest BCUT2D eigenvalue weighted by Gasteiger charge is 2.23. The van der Waals surface area contributed by atoms with Crippen LogP contribution in [0.1, 0.15) is 192 Å². The lowest BCUT2D eigenvalue weighted by Gasteiger charge is -2.15. The zero-order chi connectivity index (χ0) is 31.8. The van der Waals surface area contributed by atoms with Crippen LogP contribution in [0.2, 0.25) is 0 Å². The largest absolute Gasteiger partial charge is 0.392 e. The van der Waals surface area contributed by atoms with Gasteiger partial charge in [0, 0.05) is 13.1 Å². The SMILES string of the molecule is CCCCCCCCCCCCCCC(O)CNCC(O)CCCCCCCCCCCCCC.c1ccc(C2CO2)cc1. The molecule has 1 aromatic rings. The summed E-state index contributed by atoms with van der Waals surface area (Å²) in [6, 6.07) is 10.3. The van der Waals surface area contributed by atoms with Crippen LogP contribution in [0.3, 0.4) is 0 Å². The van der Waals surface area contributed by atoms with Crippen molar-refractivity contribution in [1.82, 2.24) is 5.32 Å². The molecular weight excluding hydrogens is 542 g/mol. The topological polar surface area (TPSA) is 65.0 Å². The van der Waals surface area contributed by atoms with Crippen LogP contribution in [-0.4, -0.2) is 42.1 Å². The lowest BCUT2D eigenvalue weighted by Crippen LogP contribution is -2.33. The summed E-state index contributed by atoms with van der Waals surface area (Å²) in [5.74, 6) is 0. The molecule has 0 aromatic heterocycles. The molecule has 44 heavy (non-hydrogen) atoms. The molecule has 1 aliphatic heterocycles. The van der Waals surface area contributed by atoms with Crippen molar-refractivity contribution in [2.24, 2.45) is 0 Å². The van der Waals surface area contributed by atoms with Crippen molar-refractivity contribution in [3.05, 3.63) is 35.9 Å². The third kappa shape index (κ3) is 28.5. The number of epoxide rings is 1. The average molecular weight is 618 g/mol. The molecule has 2 rings (SSSR count). The minimum absolute atomic E-state index is 0.267. The zero-order valence-corrected chi connectivity index (χ0v) is 29.4. The van der Waals surface area contributed by atoms with Crippen LogP contribution in [0, 0.1) is 0 Å². The number of unbranched alkanes of at least 4 members (excludes halogenated alkanes) is 22. The fourth-order valence-electron chi connectivity index (χ4n) is 5.97. The second kappa shape index (κ2) is 32.0. The van der Waals surface area contributed by atoms with Crippen LogP contribution >= 0.6 is 0 Å². The summed E-state index contributed by atoms with van der Waals surface area (Å²) in [6.45, 7) is 6.70. The molecule has 4 nitrogen and oxygen atoms in total. The average Bonchev–Trinajstić information content (AvgIpc) is 3.89. The molecule has 258 valence electrons. The van der Waals surface area contributed by atoms with Crippen LogP contribution in [-0.2, 0) is 4.74 Å². The first-order chi connectivity index (χ1) is 21.7. The van der Waals surface area contributed by atoms with E-state index in [0.29, 0.717) is 19.2 Å². The number of hydrogen-bond donors (Lipinski definition) is 3. The van der Waals surface area contributed by atoms with Crippen molar-refractivity contribution >= 4 is 0 Å². The van der Waals surface area contributed by atoms with Crippen molar-refractivity contribution in [2.75, 3.05) is 19.7 Å². The van der Waals surface area contributed by atoms with E-state index in [2.05, 4.69) is 31.3 Å². The number of ether oxygens (including phenoxy) is 1. The van der Waals surface area contributed by atoms with Crippen LogP contribution in [0.4, 0.5) is 0 Å². The van der Waals surface area contributed by atoms with Crippen LogP contribution in [0.25, 0.3) is 0 Å². The Morgan fingerprint density at radius 1 is 0.545 bits per heavy atom. The summed E-state index contributed by atoms with van der Waals surface area (Å²) in [5, 5.41) is 23.6.